The van der Waals surface area contributed by atoms with Crippen LogP contribution in [0.5, 0.6) is 11.5 Å². The highest BCUT2D eigenvalue weighted by atomic mass is 16.5. The predicted octanol–water partition coefficient (Wildman–Crippen LogP) is 24.4. The third-order valence-electron chi connectivity index (χ3n) is 22.5. The SMILES string of the molecule is c1ccc(-c2cc(-c3c(-n4c5ccccc5c5ccccc54)c(-n4c5ccccc5c5cc(OCCCn6c7ccccc7c7ccccc76)ccc54)nc(-n4c5ccccc5c5cc(OCCCn6c7ccccc7c7ccccc76)ccc54)c3-n3c4ccccc4c4ccccc43)nc(-c3ccccc3)n2)cc1. The Morgan fingerprint density at radius 3 is 0.873 bits per heavy atom. The molecule has 11 heteroatoms. The van der Waals surface area contributed by atoms with Crippen LogP contribution < -0.4 is 9.47 Å². The Morgan fingerprint density at radius 2 is 0.509 bits per heavy atom. The van der Waals surface area contributed by atoms with Crippen molar-refractivity contribution in [3.63, 3.8) is 0 Å². The second kappa shape index (κ2) is 25.8. The zero-order valence-corrected chi connectivity index (χ0v) is 60.0. The first-order valence-corrected chi connectivity index (χ1v) is 37.9. The summed E-state index contributed by atoms with van der Waals surface area (Å²) in [5.74, 6) is 3.55. The van der Waals surface area contributed by atoms with Crippen LogP contribution in [0.25, 0.3) is 188 Å². The number of aromatic nitrogens is 9. The first-order valence-electron chi connectivity index (χ1n) is 37.9. The van der Waals surface area contributed by atoms with Gasteiger partial charge in [-0.1, -0.05) is 243 Å². The Morgan fingerprint density at radius 1 is 0.227 bits per heavy atom. The lowest BCUT2D eigenvalue weighted by molar-refractivity contribution is 0.303. The molecule has 110 heavy (non-hydrogen) atoms. The van der Waals surface area contributed by atoms with Crippen LogP contribution in [-0.4, -0.2) is 55.6 Å². The molecule has 0 amide bonds. The highest BCUT2D eigenvalue weighted by Crippen LogP contribution is 2.50. The smallest absolute Gasteiger partial charge is 0.165 e. The Labute approximate surface area is 632 Å². The van der Waals surface area contributed by atoms with Crippen LogP contribution in [0.3, 0.4) is 0 Å². The van der Waals surface area contributed by atoms with Crippen molar-refractivity contribution in [1.82, 2.24) is 42.4 Å². The van der Waals surface area contributed by atoms with Gasteiger partial charge in [0.2, 0.25) is 0 Å². The minimum atomic E-state index is 0.520. The van der Waals surface area contributed by atoms with Gasteiger partial charge in [0.15, 0.2) is 17.5 Å². The number of benzene rings is 14. The number of ether oxygens (including phenoxy) is 2. The number of rotatable bonds is 17. The number of hydrogen-bond acceptors (Lipinski definition) is 5. The van der Waals surface area contributed by atoms with Crippen molar-refractivity contribution in [2.24, 2.45) is 0 Å². The zero-order chi connectivity index (χ0) is 72.3. The number of para-hydroxylation sites is 10. The monoisotopic (exact) mass is 1420 g/mol. The summed E-state index contributed by atoms with van der Waals surface area (Å²) in [6, 6.07) is 124. The van der Waals surface area contributed by atoms with Gasteiger partial charge in [-0.3, -0.25) is 9.13 Å². The van der Waals surface area contributed by atoms with E-state index in [0.29, 0.717) is 36.4 Å². The number of nitrogens with zero attached hydrogens (tertiary/aromatic N) is 9. The molecular weight excluding hydrogens is 1350 g/mol. The van der Waals surface area contributed by atoms with Crippen molar-refractivity contribution >= 4 is 131 Å². The molecule has 14 aromatic carbocycles. The lowest BCUT2D eigenvalue weighted by Crippen LogP contribution is -2.16. The molecule has 0 spiro atoms. The third-order valence-corrected chi connectivity index (χ3v) is 22.5. The summed E-state index contributed by atoms with van der Waals surface area (Å²) in [5.41, 5.74) is 18.6. The molecule has 22 aromatic rings. The van der Waals surface area contributed by atoms with E-state index in [1.807, 2.05) is 0 Å². The average Bonchev–Trinajstić information content (AvgIpc) is 1.58. The summed E-state index contributed by atoms with van der Waals surface area (Å²) in [6.45, 7) is 2.65. The van der Waals surface area contributed by atoms with E-state index in [1.165, 1.54) is 43.6 Å². The maximum absolute atomic E-state index is 6.94. The van der Waals surface area contributed by atoms with Crippen molar-refractivity contribution in [3.8, 4) is 68.4 Å². The Bertz CT molecular complexity index is 6790. The molecule has 0 aliphatic heterocycles. The van der Waals surface area contributed by atoms with Gasteiger partial charge in [-0.25, -0.2) is 15.0 Å². The highest BCUT2D eigenvalue weighted by Gasteiger charge is 2.34. The summed E-state index contributed by atoms with van der Waals surface area (Å²) >= 11 is 0. The van der Waals surface area contributed by atoms with E-state index < -0.39 is 0 Å². The van der Waals surface area contributed by atoms with Crippen LogP contribution in [0.1, 0.15) is 12.8 Å². The van der Waals surface area contributed by atoms with Crippen molar-refractivity contribution < 1.29 is 9.47 Å². The van der Waals surface area contributed by atoms with E-state index in [1.54, 1.807) is 0 Å². The first kappa shape index (κ1) is 63.0. The predicted molar refractivity (Wildman–Crippen MR) is 453 cm³/mol. The Balaban J connectivity index is 0.828. The van der Waals surface area contributed by atoms with Gasteiger partial charge in [0.05, 0.1) is 74.3 Å². The van der Waals surface area contributed by atoms with Crippen LogP contribution >= 0.6 is 0 Å². The van der Waals surface area contributed by atoms with Gasteiger partial charge in [-0.05, 0) is 116 Å². The van der Waals surface area contributed by atoms with Gasteiger partial charge in [-0.15, -0.1) is 0 Å². The zero-order valence-electron chi connectivity index (χ0n) is 60.0. The fourth-order valence-corrected chi connectivity index (χ4v) is 17.7. The maximum atomic E-state index is 6.94. The summed E-state index contributed by atoms with van der Waals surface area (Å²) in [4.78, 5) is 18.2. The fourth-order valence-electron chi connectivity index (χ4n) is 17.7. The molecule has 0 saturated carbocycles. The standard InChI is InChI=1S/C99H69N9O2/c1-3-29-64(30-4-1)80-63-81(101-97(100-80)65-31-5-2-6-32-65)94-95(105-86-47-21-11-37-72(86)73-38-12-22-48-87(73)105)98(107-90-51-25-15-41-76(90)78-61-66(53-55-92(78)107)109-59-27-57-103-82-43-17-7-33-68(82)69-34-8-18-44-83(69)103)102-99(96(94)106-88-49-23-13-39-74(88)75-40-14-24-50-89(75)106)108-91-52-26-16-42-77(91)79-62-67(54-56-93(79)108)110-60-28-58-104-84-45-19-9-35-70(84)71-36-10-20-46-85(71)104/h1-26,29-56,61-63H,27-28,57-60H2. The lowest BCUT2D eigenvalue weighted by Gasteiger charge is -2.26. The van der Waals surface area contributed by atoms with Gasteiger partial charge in [-0.2, -0.15) is 0 Å². The summed E-state index contributed by atoms with van der Waals surface area (Å²) in [5, 5.41) is 13.7. The van der Waals surface area contributed by atoms with E-state index in [4.69, 9.17) is 24.4 Å². The highest BCUT2D eigenvalue weighted by molar-refractivity contribution is 6.17. The molecule has 0 N–H and O–H groups in total. The van der Waals surface area contributed by atoms with E-state index >= 15 is 0 Å². The maximum Gasteiger partial charge on any atom is 0.165 e. The molecule has 0 aliphatic carbocycles. The van der Waals surface area contributed by atoms with Crippen LogP contribution in [0.2, 0.25) is 0 Å². The first-order chi connectivity index (χ1) is 54.6. The molecule has 0 aliphatic rings. The van der Waals surface area contributed by atoms with Crippen LogP contribution in [-0.2, 0) is 13.1 Å². The molecule has 8 aromatic heterocycles. The molecule has 0 bridgehead atoms. The molecule has 0 radical (unpaired) electrons. The van der Waals surface area contributed by atoms with Crippen LogP contribution in [0, 0.1) is 0 Å². The Kier molecular flexibility index (Phi) is 14.8. The topological polar surface area (TPSA) is 86.7 Å². The molecular formula is C99H69N9O2. The molecule has 0 atom stereocenters. The molecule has 0 saturated heterocycles. The molecule has 8 heterocycles. The van der Waals surface area contributed by atoms with E-state index in [-0.39, 0.29) is 0 Å². The Hall–Kier alpha value is -14.3. The summed E-state index contributed by atoms with van der Waals surface area (Å²) in [6.07, 6.45) is 1.61. The summed E-state index contributed by atoms with van der Waals surface area (Å²) < 4.78 is 28.5. The van der Waals surface area contributed by atoms with Gasteiger partial charge < -0.3 is 27.7 Å². The van der Waals surface area contributed by atoms with Crippen LogP contribution in [0.15, 0.2) is 346 Å². The number of pyridine rings is 1. The molecule has 0 unspecified atom stereocenters. The minimum Gasteiger partial charge on any atom is -0.494 e. The second-order valence-corrected chi connectivity index (χ2v) is 28.6. The molecule has 11 nitrogen and oxygen atoms in total. The summed E-state index contributed by atoms with van der Waals surface area (Å²) in [7, 11) is 0. The molecule has 0 fully saturated rings. The van der Waals surface area contributed by atoms with Gasteiger partial charge in [0.25, 0.3) is 0 Å². The second-order valence-electron chi connectivity index (χ2n) is 28.6. The minimum absolute atomic E-state index is 0.520. The van der Waals surface area contributed by atoms with Crippen molar-refractivity contribution in [3.05, 3.63) is 346 Å². The van der Waals surface area contributed by atoms with Crippen LogP contribution in [0.4, 0.5) is 0 Å². The van der Waals surface area contributed by atoms with Crippen molar-refractivity contribution in [2.75, 3.05) is 13.2 Å². The number of aryl methyl sites for hydroxylation is 2. The third kappa shape index (κ3) is 10.0. The van der Waals surface area contributed by atoms with E-state index in [0.717, 1.165) is 158 Å². The number of fused-ring (bicyclic) bond motifs is 18. The molecule has 522 valence electrons. The average molecular weight is 1420 g/mol. The normalized spacial score (nSPS) is 12.0. The molecule has 22 rings (SSSR count). The quantitative estimate of drug-likeness (QED) is 0.0848. The largest absolute Gasteiger partial charge is 0.494 e. The van der Waals surface area contributed by atoms with Gasteiger partial charge in [0, 0.05) is 111 Å². The van der Waals surface area contributed by atoms with Crippen molar-refractivity contribution in [2.45, 2.75) is 25.9 Å². The van der Waals surface area contributed by atoms with Gasteiger partial charge in [0.1, 0.15) is 22.9 Å². The van der Waals surface area contributed by atoms with Crippen molar-refractivity contribution in [1.29, 1.82) is 0 Å². The number of hydrogen-bond donors (Lipinski definition) is 0. The lowest BCUT2D eigenvalue weighted by atomic mass is 10.0. The van der Waals surface area contributed by atoms with E-state index in [2.05, 4.69) is 373 Å². The van der Waals surface area contributed by atoms with E-state index in [9.17, 15) is 0 Å². The fraction of sp³-hybridized carbons (Fsp3) is 0.0606. The van der Waals surface area contributed by atoms with Gasteiger partial charge >= 0.3 is 0 Å².